The standard InChI is InChI=1S/C31H35FN4O3/c1-22-17-19-23(20-18-22)30(31(39)34-24-10-3-2-4-11-24)36(26-13-6-5-12-25(26)32)29(38)16-9-15-28(37)35-27-14-7-8-21-33-27/h5-8,12-14,17-21,24,30H,2-4,9-11,15-16H2,1H3,(H,34,39)(H,33,35,37). The number of carbonyl (C=O) groups is 3. The molecule has 2 aromatic carbocycles. The summed E-state index contributed by atoms with van der Waals surface area (Å²) in [7, 11) is 0. The van der Waals surface area contributed by atoms with Crippen molar-refractivity contribution >= 4 is 29.2 Å². The zero-order valence-corrected chi connectivity index (χ0v) is 22.2. The van der Waals surface area contributed by atoms with E-state index in [1.165, 1.54) is 17.0 Å². The van der Waals surface area contributed by atoms with Crippen LogP contribution in [-0.2, 0) is 14.4 Å². The molecule has 1 saturated carbocycles. The van der Waals surface area contributed by atoms with Gasteiger partial charge in [-0.1, -0.05) is 67.3 Å². The van der Waals surface area contributed by atoms with Crippen LogP contribution in [0.1, 0.15) is 68.5 Å². The van der Waals surface area contributed by atoms with Crippen LogP contribution in [0.25, 0.3) is 0 Å². The molecule has 1 fully saturated rings. The second-order valence-corrected chi connectivity index (χ2v) is 9.99. The Labute approximate surface area is 228 Å². The van der Waals surface area contributed by atoms with Gasteiger partial charge in [0.1, 0.15) is 17.7 Å². The Balaban J connectivity index is 1.58. The van der Waals surface area contributed by atoms with Gasteiger partial charge in [-0.2, -0.15) is 0 Å². The summed E-state index contributed by atoms with van der Waals surface area (Å²) in [5.41, 5.74) is 1.64. The van der Waals surface area contributed by atoms with Gasteiger partial charge in [0.25, 0.3) is 0 Å². The third kappa shape index (κ3) is 7.72. The van der Waals surface area contributed by atoms with E-state index in [9.17, 15) is 14.4 Å². The van der Waals surface area contributed by atoms with Gasteiger partial charge in [-0.15, -0.1) is 0 Å². The first-order valence-electron chi connectivity index (χ1n) is 13.6. The van der Waals surface area contributed by atoms with Crippen molar-refractivity contribution in [1.29, 1.82) is 0 Å². The van der Waals surface area contributed by atoms with Crippen molar-refractivity contribution in [2.24, 2.45) is 0 Å². The molecule has 0 bridgehead atoms. The van der Waals surface area contributed by atoms with Crippen LogP contribution in [0, 0.1) is 12.7 Å². The summed E-state index contributed by atoms with van der Waals surface area (Å²) in [6, 6.07) is 17.5. The van der Waals surface area contributed by atoms with E-state index in [-0.39, 0.29) is 42.8 Å². The highest BCUT2D eigenvalue weighted by molar-refractivity contribution is 6.01. The van der Waals surface area contributed by atoms with Gasteiger partial charge in [-0.25, -0.2) is 9.37 Å². The lowest BCUT2D eigenvalue weighted by Gasteiger charge is -2.33. The fourth-order valence-corrected chi connectivity index (χ4v) is 4.92. The maximum Gasteiger partial charge on any atom is 0.248 e. The predicted molar refractivity (Wildman–Crippen MR) is 150 cm³/mol. The normalized spacial score (nSPS) is 14.3. The van der Waals surface area contributed by atoms with E-state index in [1.807, 2.05) is 31.2 Å². The van der Waals surface area contributed by atoms with Crippen molar-refractivity contribution in [3.8, 4) is 0 Å². The summed E-state index contributed by atoms with van der Waals surface area (Å²) in [6.45, 7) is 1.94. The first kappa shape index (κ1) is 28.0. The Morgan fingerprint density at radius 2 is 1.67 bits per heavy atom. The van der Waals surface area contributed by atoms with E-state index >= 15 is 4.39 Å². The molecule has 1 unspecified atom stereocenters. The monoisotopic (exact) mass is 530 g/mol. The van der Waals surface area contributed by atoms with Crippen LogP contribution in [0.5, 0.6) is 0 Å². The van der Waals surface area contributed by atoms with Crippen molar-refractivity contribution < 1.29 is 18.8 Å². The number of hydrogen-bond acceptors (Lipinski definition) is 4. The molecule has 3 amide bonds. The molecule has 1 aliphatic carbocycles. The molecule has 1 aliphatic rings. The fourth-order valence-electron chi connectivity index (χ4n) is 4.92. The molecule has 3 aromatic rings. The summed E-state index contributed by atoms with van der Waals surface area (Å²) in [6.07, 6.45) is 6.83. The largest absolute Gasteiger partial charge is 0.351 e. The van der Waals surface area contributed by atoms with Gasteiger partial charge in [0.05, 0.1) is 5.69 Å². The van der Waals surface area contributed by atoms with E-state index in [4.69, 9.17) is 0 Å². The van der Waals surface area contributed by atoms with E-state index in [2.05, 4.69) is 15.6 Å². The lowest BCUT2D eigenvalue weighted by Crippen LogP contribution is -2.47. The predicted octanol–water partition coefficient (Wildman–Crippen LogP) is 5.86. The number of aryl methyl sites for hydroxylation is 1. The third-order valence-electron chi connectivity index (χ3n) is 6.96. The zero-order valence-electron chi connectivity index (χ0n) is 22.2. The van der Waals surface area contributed by atoms with Crippen molar-refractivity contribution in [2.45, 2.75) is 70.4 Å². The highest BCUT2D eigenvalue weighted by atomic mass is 19.1. The second kappa shape index (κ2) is 13.6. The van der Waals surface area contributed by atoms with E-state index in [0.29, 0.717) is 11.4 Å². The molecule has 7 nitrogen and oxygen atoms in total. The summed E-state index contributed by atoms with van der Waals surface area (Å²) in [5.74, 6) is -1.21. The van der Waals surface area contributed by atoms with Crippen LogP contribution in [0.3, 0.4) is 0 Å². The van der Waals surface area contributed by atoms with Crippen LogP contribution in [0.15, 0.2) is 72.9 Å². The Hall–Kier alpha value is -4.07. The lowest BCUT2D eigenvalue weighted by atomic mass is 9.94. The van der Waals surface area contributed by atoms with Crippen LogP contribution < -0.4 is 15.5 Å². The number of aromatic nitrogens is 1. The number of halogens is 1. The number of amides is 3. The molecule has 1 aromatic heterocycles. The highest BCUT2D eigenvalue weighted by Gasteiger charge is 2.35. The topological polar surface area (TPSA) is 91.4 Å². The molecule has 8 heteroatoms. The number of hydrogen-bond donors (Lipinski definition) is 2. The van der Waals surface area contributed by atoms with Crippen molar-refractivity contribution in [3.05, 3.63) is 89.9 Å². The molecule has 1 atom stereocenters. The average Bonchev–Trinajstić information content (AvgIpc) is 2.94. The maximum atomic E-state index is 15.2. The lowest BCUT2D eigenvalue weighted by molar-refractivity contribution is -0.127. The number of nitrogens with zero attached hydrogens (tertiary/aromatic N) is 2. The molecule has 0 spiro atoms. The van der Waals surface area contributed by atoms with Crippen LogP contribution in [0.2, 0.25) is 0 Å². The Morgan fingerprint density at radius 1 is 0.949 bits per heavy atom. The third-order valence-corrected chi connectivity index (χ3v) is 6.96. The zero-order chi connectivity index (χ0) is 27.6. The van der Waals surface area contributed by atoms with Crippen molar-refractivity contribution in [3.63, 3.8) is 0 Å². The molecule has 2 N–H and O–H groups in total. The molecular weight excluding hydrogens is 495 g/mol. The minimum Gasteiger partial charge on any atom is -0.351 e. The van der Waals surface area contributed by atoms with Crippen molar-refractivity contribution in [2.75, 3.05) is 10.2 Å². The van der Waals surface area contributed by atoms with Gasteiger partial charge in [0.2, 0.25) is 17.7 Å². The van der Waals surface area contributed by atoms with Gasteiger partial charge < -0.3 is 10.6 Å². The average molecular weight is 531 g/mol. The Kier molecular flexibility index (Phi) is 9.78. The molecule has 0 aliphatic heterocycles. The summed E-state index contributed by atoms with van der Waals surface area (Å²) < 4.78 is 15.2. The molecule has 1 heterocycles. The number of nitrogens with one attached hydrogen (secondary N) is 2. The van der Waals surface area contributed by atoms with Crippen LogP contribution in [0.4, 0.5) is 15.9 Å². The minimum atomic E-state index is -1.06. The molecule has 0 saturated heterocycles. The van der Waals surface area contributed by atoms with Crippen LogP contribution in [-0.4, -0.2) is 28.7 Å². The smallest absolute Gasteiger partial charge is 0.248 e. The molecule has 204 valence electrons. The van der Waals surface area contributed by atoms with Gasteiger partial charge in [0, 0.05) is 25.1 Å². The Morgan fingerprint density at radius 3 is 2.36 bits per heavy atom. The Bertz CT molecular complexity index is 1260. The number of para-hydroxylation sites is 1. The summed E-state index contributed by atoms with van der Waals surface area (Å²) >= 11 is 0. The van der Waals surface area contributed by atoms with Gasteiger partial charge in [-0.05, 0) is 56.0 Å². The number of anilines is 2. The van der Waals surface area contributed by atoms with E-state index < -0.39 is 17.8 Å². The SMILES string of the molecule is Cc1ccc(C(C(=O)NC2CCCCC2)N(C(=O)CCCC(=O)Nc2ccccn2)c2ccccc2F)cc1. The first-order chi connectivity index (χ1) is 18.9. The van der Waals surface area contributed by atoms with Gasteiger partial charge in [0.15, 0.2) is 0 Å². The highest BCUT2D eigenvalue weighted by Crippen LogP contribution is 2.32. The van der Waals surface area contributed by atoms with Crippen LogP contribution >= 0.6 is 0 Å². The van der Waals surface area contributed by atoms with Gasteiger partial charge in [-0.3, -0.25) is 19.3 Å². The summed E-state index contributed by atoms with van der Waals surface area (Å²) in [4.78, 5) is 45.3. The molecule has 0 radical (unpaired) electrons. The molecule has 39 heavy (non-hydrogen) atoms. The second-order valence-electron chi connectivity index (χ2n) is 9.99. The fraction of sp³-hybridized carbons (Fsp3) is 0.355. The molecule has 4 rings (SSSR count). The maximum absolute atomic E-state index is 15.2. The van der Waals surface area contributed by atoms with E-state index in [1.54, 1.807) is 36.5 Å². The minimum absolute atomic E-state index is 0.0204. The number of carbonyl (C=O) groups excluding carboxylic acids is 3. The number of benzene rings is 2. The van der Waals surface area contributed by atoms with Gasteiger partial charge >= 0.3 is 0 Å². The van der Waals surface area contributed by atoms with E-state index in [0.717, 1.165) is 37.7 Å². The molecular formula is C31H35FN4O3. The quantitative estimate of drug-likeness (QED) is 0.343. The number of pyridine rings is 1. The first-order valence-corrected chi connectivity index (χ1v) is 13.6. The van der Waals surface area contributed by atoms with Crippen molar-refractivity contribution in [1.82, 2.24) is 10.3 Å². The summed E-state index contributed by atoms with van der Waals surface area (Å²) in [5, 5.41) is 5.84. The number of rotatable bonds is 10.